The molecule has 4 heteroatoms. The van der Waals surface area contributed by atoms with Crippen LogP contribution in [0.3, 0.4) is 0 Å². The summed E-state index contributed by atoms with van der Waals surface area (Å²) in [6.45, 7) is 0. The third kappa shape index (κ3) is 3.90. The zero-order valence-electron chi connectivity index (χ0n) is 22.3. The smallest absolute Gasteiger partial charge is 0.0998 e. The SMILES string of the molecule is N#Cc1cccc(-c2cc(-c3ccc4sc5ccccc5c4c3)cc(C#N)c2-c2ccc3sc4ccccc4c3c2)c1. The van der Waals surface area contributed by atoms with Crippen LogP contribution in [-0.4, -0.2) is 0 Å². The van der Waals surface area contributed by atoms with Gasteiger partial charge in [0.25, 0.3) is 0 Å². The van der Waals surface area contributed by atoms with Crippen molar-refractivity contribution in [2.75, 3.05) is 0 Å². The first kappa shape index (κ1) is 24.5. The highest BCUT2D eigenvalue weighted by Gasteiger charge is 2.18. The van der Waals surface area contributed by atoms with E-state index in [1.807, 2.05) is 30.3 Å². The van der Waals surface area contributed by atoms with E-state index in [4.69, 9.17) is 0 Å². The Labute approximate surface area is 250 Å². The van der Waals surface area contributed by atoms with Gasteiger partial charge < -0.3 is 0 Å². The molecule has 42 heavy (non-hydrogen) atoms. The molecule has 0 amide bonds. The maximum absolute atomic E-state index is 10.5. The van der Waals surface area contributed by atoms with Crippen LogP contribution in [0.15, 0.2) is 121 Å². The van der Waals surface area contributed by atoms with Crippen molar-refractivity contribution in [3.63, 3.8) is 0 Å². The van der Waals surface area contributed by atoms with Gasteiger partial charge in [-0.2, -0.15) is 10.5 Å². The first-order valence-electron chi connectivity index (χ1n) is 13.6. The van der Waals surface area contributed by atoms with Gasteiger partial charge in [0.2, 0.25) is 0 Å². The van der Waals surface area contributed by atoms with Gasteiger partial charge in [-0.1, -0.05) is 60.7 Å². The predicted octanol–water partition coefficient (Wildman–Crippen LogP) is 11.2. The summed E-state index contributed by atoms with van der Waals surface area (Å²) in [5, 5.41) is 25.1. The number of hydrogen-bond donors (Lipinski definition) is 0. The molecule has 0 radical (unpaired) electrons. The lowest BCUT2D eigenvalue weighted by Gasteiger charge is -2.16. The van der Waals surface area contributed by atoms with Gasteiger partial charge in [-0.25, -0.2) is 0 Å². The highest BCUT2D eigenvalue weighted by Crippen LogP contribution is 2.43. The second-order valence-corrected chi connectivity index (χ2v) is 12.5. The van der Waals surface area contributed by atoms with Crippen molar-refractivity contribution in [2.45, 2.75) is 0 Å². The third-order valence-corrected chi connectivity index (χ3v) is 10.2. The number of rotatable bonds is 3. The van der Waals surface area contributed by atoms with Crippen LogP contribution >= 0.6 is 22.7 Å². The largest absolute Gasteiger partial charge is 0.192 e. The number of thiophene rings is 2. The van der Waals surface area contributed by atoms with E-state index in [1.165, 1.54) is 40.3 Å². The van der Waals surface area contributed by atoms with Gasteiger partial charge in [-0.05, 0) is 88.5 Å². The quantitative estimate of drug-likeness (QED) is 0.213. The molecular formula is C38H20N2S2. The van der Waals surface area contributed by atoms with Gasteiger partial charge >= 0.3 is 0 Å². The van der Waals surface area contributed by atoms with Crippen LogP contribution < -0.4 is 0 Å². The number of nitriles is 2. The Morgan fingerprint density at radius 1 is 0.429 bits per heavy atom. The Kier molecular flexibility index (Phi) is 5.66. The standard InChI is InChI=1S/C38H20N2S2/c39-21-23-6-5-7-25(16-23)31-20-27(24-12-14-36-32(18-24)29-8-1-3-10-34(29)41-36)17-28(22-40)38(31)26-13-15-37-33(19-26)30-9-2-4-11-35(30)42-37/h1-20H. The molecule has 8 rings (SSSR count). The summed E-state index contributed by atoms with van der Waals surface area (Å²) < 4.78 is 4.98. The third-order valence-electron chi connectivity index (χ3n) is 7.94. The van der Waals surface area contributed by atoms with E-state index < -0.39 is 0 Å². The Balaban J connectivity index is 1.40. The van der Waals surface area contributed by atoms with E-state index in [9.17, 15) is 10.5 Å². The zero-order chi connectivity index (χ0) is 28.2. The Hall–Kier alpha value is -5.26. The minimum Gasteiger partial charge on any atom is -0.192 e. The summed E-state index contributed by atoms with van der Waals surface area (Å²) in [6, 6.07) is 46.7. The molecule has 0 N–H and O–H groups in total. The summed E-state index contributed by atoms with van der Waals surface area (Å²) in [6.07, 6.45) is 0. The molecule has 0 fully saturated rings. The topological polar surface area (TPSA) is 47.6 Å². The molecule has 0 saturated carbocycles. The van der Waals surface area contributed by atoms with Gasteiger partial charge in [0.15, 0.2) is 0 Å². The molecular weight excluding hydrogens is 549 g/mol. The number of hydrogen-bond acceptors (Lipinski definition) is 4. The summed E-state index contributed by atoms with van der Waals surface area (Å²) in [5.74, 6) is 0. The minimum absolute atomic E-state index is 0.591. The van der Waals surface area contributed by atoms with Crippen molar-refractivity contribution < 1.29 is 0 Å². The van der Waals surface area contributed by atoms with Crippen molar-refractivity contribution >= 4 is 63.0 Å². The van der Waals surface area contributed by atoms with Crippen LogP contribution in [-0.2, 0) is 0 Å². The molecule has 0 atom stereocenters. The van der Waals surface area contributed by atoms with E-state index >= 15 is 0 Å². The molecule has 0 aliphatic heterocycles. The molecule has 8 aromatic rings. The summed E-state index contributed by atoms with van der Waals surface area (Å²) in [7, 11) is 0. The first-order chi connectivity index (χ1) is 20.7. The Morgan fingerprint density at radius 2 is 1.05 bits per heavy atom. The van der Waals surface area contributed by atoms with Crippen LogP contribution in [0.2, 0.25) is 0 Å². The van der Waals surface area contributed by atoms with Crippen molar-refractivity contribution in [1.29, 1.82) is 10.5 Å². The molecule has 0 aliphatic rings. The molecule has 2 heterocycles. The molecule has 0 spiro atoms. The lowest BCUT2D eigenvalue weighted by atomic mass is 9.86. The first-order valence-corrected chi connectivity index (χ1v) is 15.3. The van der Waals surface area contributed by atoms with Crippen LogP contribution in [0, 0.1) is 22.7 Å². The van der Waals surface area contributed by atoms with Gasteiger partial charge in [0.05, 0.1) is 23.3 Å². The van der Waals surface area contributed by atoms with Crippen LogP contribution in [0.4, 0.5) is 0 Å². The highest BCUT2D eigenvalue weighted by molar-refractivity contribution is 7.26. The fraction of sp³-hybridized carbons (Fsp3) is 0. The Bertz CT molecular complexity index is 2450. The fourth-order valence-corrected chi connectivity index (χ4v) is 8.15. The molecule has 6 aromatic carbocycles. The lowest BCUT2D eigenvalue weighted by Crippen LogP contribution is -1.93. The van der Waals surface area contributed by atoms with E-state index in [2.05, 4.69) is 103 Å². The highest BCUT2D eigenvalue weighted by atomic mass is 32.1. The number of nitrogens with zero attached hydrogens (tertiary/aromatic N) is 2. The van der Waals surface area contributed by atoms with E-state index in [0.29, 0.717) is 11.1 Å². The number of benzene rings is 6. The van der Waals surface area contributed by atoms with Crippen molar-refractivity contribution in [1.82, 2.24) is 0 Å². The predicted molar refractivity (Wildman–Crippen MR) is 178 cm³/mol. The molecule has 2 nitrogen and oxygen atoms in total. The van der Waals surface area contributed by atoms with Crippen molar-refractivity contribution in [3.05, 3.63) is 132 Å². The van der Waals surface area contributed by atoms with E-state index in [1.54, 1.807) is 22.7 Å². The zero-order valence-corrected chi connectivity index (χ0v) is 23.9. The summed E-state index contributed by atoms with van der Waals surface area (Å²) in [5.41, 5.74) is 6.97. The van der Waals surface area contributed by atoms with Crippen molar-refractivity contribution in [2.24, 2.45) is 0 Å². The molecule has 0 aliphatic carbocycles. The molecule has 0 bridgehead atoms. The average molecular weight is 569 g/mol. The summed E-state index contributed by atoms with van der Waals surface area (Å²) >= 11 is 3.58. The van der Waals surface area contributed by atoms with Crippen molar-refractivity contribution in [3.8, 4) is 45.5 Å². The second-order valence-electron chi connectivity index (χ2n) is 10.4. The lowest BCUT2D eigenvalue weighted by molar-refractivity contribution is 1.46. The molecule has 0 unspecified atom stereocenters. The second kappa shape index (κ2) is 9.68. The number of fused-ring (bicyclic) bond motifs is 6. The maximum atomic E-state index is 10.5. The van der Waals surface area contributed by atoms with Gasteiger partial charge in [0.1, 0.15) is 0 Å². The van der Waals surface area contributed by atoms with Gasteiger partial charge in [-0.15, -0.1) is 22.7 Å². The van der Waals surface area contributed by atoms with Crippen LogP contribution in [0.1, 0.15) is 11.1 Å². The average Bonchev–Trinajstić information content (AvgIpc) is 3.61. The monoisotopic (exact) mass is 568 g/mol. The van der Waals surface area contributed by atoms with Crippen LogP contribution in [0.25, 0.3) is 73.7 Å². The normalized spacial score (nSPS) is 11.3. The Morgan fingerprint density at radius 3 is 1.71 bits per heavy atom. The molecule has 2 aromatic heterocycles. The van der Waals surface area contributed by atoms with E-state index in [0.717, 1.165) is 33.4 Å². The molecule has 194 valence electrons. The van der Waals surface area contributed by atoms with Crippen LogP contribution in [0.5, 0.6) is 0 Å². The van der Waals surface area contributed by atoms with Gasteiger partial charge in [-0.3, -0.25) is 0 Å². The van der Waals surface area contributed by atoms with E-state index in [-0.39, 0.29) is 0 Å². The fourth-order valence-electron chi connectivity index (χ4n) is 5.98. The molecule has 0 saturated heterocycles. The summed E-state index contributed by atoms with van der Waals surface area (Å²) in [4.78, 5) is 0. The minimum atomic E-state index is 0.591. The van der Waals surface area contributed by atoms with Gasteiger partial charge in [0, 0.05) is 45.9 Å². The maximum Gasteiger partial charge on any atom is 0.0998 e.